The molecule has 162 valence electrons. The van der Waals surface area contributed by atoms with Crippen LogP contribution < -0.4 is 5.32 Å². The fourth-order valence-corrected chi connectivity index (χ4v) is 4.11. The Labute approximate surface area is 185 Å². The van der Waals surface area contributed by atoms with Crippen LogP contribution in [0.1, 0.15) is 39.2 Å². The molecule has 0 bridgehead atoms. The minimum Gasteiger partial charge on any atom is -0.444 e. The van der Waals surface area contributed by atoms with E-state index in [0.717, 1.165) is 12.0 Å². The second-order valence-corrected chi connectivity index (χ2v) is 9.51. The van der Waals surface area contributed by atoms with Crippen LogP contribution in [-0.4, -0.2) is 46.2 Å². The highest BCUT2D eigenvalue weighted by atomic mass is 79.9. The molecule has 0 aromatic carbocycles. The maximum Gasteiger partial charge on any atom is 0.411 e. The van der Waals surface area contributed by atoms with Crippen molar-refractivity contribution >= 4 is 33.7 Å². The summed E-state index contributed by atoms with van der Waals surface area (Å²) in [4.78, 5) is 32.0. The average Bonchev–Trinajstić information content (AvgIpc) is 3.26. The van der Waals surface area contributed by atoms with E-state index in [0.29, 0.717) is 23.4 Å². The maximum atomic E-state index is 13.2. The van der Waals surface area contributed by atoms with Crippen molar-refractivity contribution in [2.75, 3.05) is 11.9 Å². The Kier molecular flexibility index (Phi) is 6.38. The monoisotopic (exact) mass is 477 g/mol. The summed E-state index contributed by atoms with van der Waals surface area (Å²) in [5.74, 6) is 0.0978. The number of amides is 2. The van der Waals surface area contributed by atoms with Gasteiger partial charge in [0.25, 0.3) is 0 Å². The highest BCUT2D eigenvalue weighted by molar-refractivity contribution is 9.10. The van der Waals surface area contributed by atoms with Gasteiger partial charge >= 0.3 is 6.09 Å². The Balaban J connectivity index is 1.80. The van der Waals surface area contributed by atoms with Crippen LogP contribution in [0.4, 0.5) is 10.6 Å². The molecule has 30 heavy (non-hydrogen) atoms. The Morgan fingerprint density at radius 3 is 2.73 bits per heavy atom. The zero-order valence-electron chi connectivity index (χ0n) is 17.6. The lowest BCUT2D eigenvalue weighted by molar-refractivity contribution is -0.121. The third-order valence-corrected chi connectivity index (χ3v) is 5.76. The van der Waals surface area contributed by atoms with Crippen molar-refractivity contribution in [2.24, 2.45) is 5.41 Å². The number of fused-ring (bicyclic) bond motifs is 1. The van der Waals surface area contributed by atoms with E-state index in [4.69, 9.17) is 9.47 Å². The first-order valence-electron chi connectivity index (χ1n) is 9.90. The normalized spacial score (nSPS) is 24.7. The average molecular weight is 478 g/mol. The van der Waals surface area contributed by atoms with Crippen molar-refractivity contribution in [1.82, 2.24) is 9.88 Å². The molecule has 2 heterocycles. The minimum atomic E-state index is -0.653. The number of carbonyl (C=O) groups excluding carboxylic acids is 2. The van der Waals surface area contributed by atoms with Gasteiger partial charge in [-0.25, -0.2) is 9.78 Å². The zero-order valence-corrected chi connectivity index (χ0v) is 19.2. The lowest BCUT2D eigenvalue weighted by Crippen LogP contribution is -2.47. The van der Waals surface area contributed by atoms with Crippen LogP contribution in [0.5, 0.6) is 0 Å². The number of likely N-dealkylation sites (tertiary alicyclic amines) is 1. The Bertz CT molecular complexity index is 866. The van der Waals surface area contributed by atoms with Crippen LogP contribution in [-0.2, 0) is 20.9 Å². The van der Waals surface area contributed by atoms with Gasteiger partial charge in [0.15, 0.2) is 0 Å². The Hall–Kier alpha value is -2.19. The molecule has 1 aromatic heterocycles. The lowest BCUT2D eigenvalue weighted by atomic mass is 9.99. The number of rotatable bonds is 7. The number of hydrogen-bond acceptors (Lipinski definition) is 5. The van der Waals surface area contributed by atoms with E-state index in [1.807, 2.05) is 32.9 Å². The molecule has 1 saturated heterocycles. The summed E-state index contributed by atoms with van der Waals surface area (Å²) < 4.78 is 11.7. The van der Waals surface area contributed by atoms with E-state index in [2.05, 4.69) is 39.4 Å². The van der Waals surface area contributed by atoms with Gasteiger partial charge in [-0.2, -0.15) is 0 Å². The van der Waals surface area contributed by atoms with E-state index in [1.165, 1.54) is 0 Å². The smallest absolute Gasteiger partial charge is 0.411 e. The van der Waals surface area contributed by atoms with Gasteiger partial charge < -0.3 is 14.8 Å². The number of carbonyl (C=O) groups is 2. The number of nitrogens with zero attached hydrogens (tertiary/aromatic N) is 2. The minimum absolute atomic E-state index is 0.0635. The lowest BCUT2D eigenvalue weighted by Gasteiger charge is -2.29. The number of aromatic nitrogens is 1. The van der Waals surface area contributed by atoms with Gasteiger partial charge in [0, 0.05) is 17.0 Å². The van der Waals surface area contributed by atoms with Crippen LogP contribution in [0.15, 0.2) is 42.0 Å². The molecule has 2 aliphatic rings. The molecule has 1 saturated carbocycles. The molecule has 8 heteroatoms. The van der Waals surface area contributed by atoms with Crippen LogP contribution in [0.25, 0.3) is 0 Å². The first-order chi connectivity index (χ1) is 14.1. The second-order valence-electron chi connectivity index (χ2n) is 8.70. The molecular weight excluding hydrogens is 450 g/mol. The van der Waals surface area contributed by atoms with Crippen molar-refractivity contribution in [1.29, 1.82) is 0 Å². The number of nitrogens with one attached hydrogen (secondary N) is 1. The molecule has 3 rings (SSSR count). The highest BCUT2D eigenvalue weighted by Gasteiger charge is 2.66. The van der Waals surface area contributed by atoms with Crippen LogP contribution in [0, 0.1) is 5.41 Å². The molecule has 2 amide bonds. The molecule has 3 atom stereocenters. The number of ether oxygens (including phenoxy) is 2. The topological polar surface area (TPSA) is 80.8 Å². The van der Waals surface area contributed by atoms with Crippen molar-refractivity contribution in [3.8, 4) is 0 Å². The quantitative estimate of drug-likeness (QED) is 0.356. The fourth-order valence-electron chi connectivity index (χ4n) is 3.80. The van der Waals surface area contributed by atoms with Gasteiger partial charge in [0.2, 0.25) is 5.91 Å². The molecule has 7 nitrogen and oxygen atoms in total. The molecule has 0 unspecified atom stereocenters. The molecule has 0 radical (unpaired) electrons. The Morgan fingerprint density at radius 2 is 2.10 bits per heavy atom. The van der Waals surface area contributed by atoms with Gasteiger partial charge in [-0.05, 0) is 55.6 Å². The van der Waals surface area contributed by atoms with Crippen LogP contribution in [0.2, 0.25) is 0 Å². The largest absolute Gasteiger partial charge is 0.444 e. The van der Waals surface area contributed by atoms with Crippen molar-refractivity contribution in [3.05, 3.63) is 47.6 Å². The zero-order chi connectivity index (χ0) is 22.1. The van der Waals surface area contributed by atoms with Gasteiger partial charge in [-0.15, -0.1) is 13.2 Å². The molecule has 1 aliphatic heterocycles. The van der Waals surface area contributed by atoms with Gasteiger partial charge in [-0.3, -0.25) is 9.69 Å². The van der Waals surface area contributed by atoms with Crippen LogP contribution >= 0.6 is 15.9 Å². The number of halogens is 1. The molecule has 2 fully saturated rings. The number of hydrogen-bond donors (Lipinski definition) is 1. The van der Waals surface area contributed by atoms with Gasteiger partial charge in [-0.1, -0.05) is 18.2 Å². The van der Waals surface area contributed by atoms with E-state index in [-0.39, 0.29) is 24.0 Å². The number of pyridine rings is 1. The van der Waals surface area contributed by atoms with Gasteiger partial charge in [0.05, 0.1) is 13.2 Å². The number of piperidine rings is 1. The summed E-state index contributed by atoms with van der Waals surface area (Å²) in [7, 11) is 0. The third-order valence-electron chi connectivity index (χ3n) is 5.32. The first-order valence-corrected chi connectivity index (χ1v) is 10.7. The summed E-state index contributed by atoms with van der Waals surface area (Å²) in [5.41, 5.74) is -0.133. The highest BCUT2D eigenvalue weighted by Crippen LogP contribution is 2.60. The summed E-state index contributed by atoms with van der Waals surface area (Å²) in [6, 6.07) is 2.90. The molecular formula is C22H28BrN3O4. The van der Waals surface area contributed by atoms with Crippen molar-refractivity contribution in [3.63, 3.8) is 0 Å². The maximum absolute atomic E-state index is 13.2. The van der Waals surface area contributed by atoms with Crippen LogP contribution in [0.3, 0.4) is 0 Å². The predicted octanol–water partition coefficient (Wildman–Crippen LogP) is 4.44. The predicted molar refractivity (Wildman–Crippen MR) is 118 cm³/mol. The summed E-state index contributed by atoms with van der Waals surface area (Å²) in [5, 5.41) is 2.88. The Morgan fingerprint density at radius 1 is 1.37 bits per heavy atom. The summed E-state index contributed by atoms with van der Waals surface area (Å²) in [6.45, 7) is 13.6. The molecule has 1 N–H and O–H groups in total. The first kappa shape index (κ1) is 22.5. The van der Waals surface area contributed by atoms with Crippen molar-refractivity contribution in [2.45, 2.75) is 57.9 Å². The van der Waals surface area contributed by atoms with Crippen molar-refractivity contribution < 1.29 is 19.1 Å². The second kappa shape index (κ2) is 8.51. The summed E-state index contributed by atoms with van der Waals surface area (Å²) >= 11 is 3.34. The van der Waals surface area contributed by atoms with E-state index >= 15 is 0 Å². The number of anilines is 1. The molecule has 1 aliphatic carbocycles. The van der Waals surface area contributed by atoms with E-state index < -0.39 is 17.7 Å². The standard InChI is InChI=1S/C22H28BrN3O4/c1-6-10-29-13-14-8-9-17(23)24-18(14)25-19(27)15-11-22(7-2)12-16(22)26(15)20(28)30-21(3,4)5/h6-9,15-16H,1-2,10-13H2,3-5H3,(H,24,25,27)/t15-,16+,22+/m0/s1. The fraction of sp³-hybridized carbons (Fsp3) is 0.500. The summed E-state index contributed by atoms with van der Waals surface area (Å²) in [6.07, 6.45) is 4.35. The van der Waals surface area contributed by atoms with E-state index in [1.54, 1.807) is 17.0 Å². The third kappa shape index (κ3) is 4.75. The van der Waals surface area contributed by atoms with E-state index in [9.17, 15) is 9.59 Å². The molecule has 0 spiro atoms. The molecule has 1 aromatic rings. The SMILES string of the molecule is C=CCOCc1ccc(Br)nc1NC(=O)[C@@H]1C[C@]2(C=C)C[C@H]2N1C(=O)OC(C)(C)C. The van der Waals surface area contributed by atoms with Gasteiger partial charge in [0.1, 0.15) is 22.1 Å².